The molecule has 0 aliphatic carbocycles. The Hall–Kier alpha value is -2.45. The highest BCUT2D eigenvalue weighted by atomic mass is 32.2. The van der Waals surface area contributed by atoms with Crippen molar-refractivity contribution in [1.82, 2.24) is 14.9 Å². The van der Waals surface area contributed by atoms with E-state index >= 15 is 0 Å². The Balaban J connectivity index is 1.57. The highest BCUT2D eigenvalue weighted by molar-refractivity contribution is 7.98. The van der Waals surface area contributed by atoms with Crippen molar-refractivity contribution in [2.24, 2.45) is 0 Å². The second kappa shape index (κ2) is 8.96. The number of carbonyl (C=O) groups is 1. The predicted molar refractivity (Wildman–Crippen MR) is 106 cm³/mol. The summed E-state index contributed by atoms with van der Waals surface area (Å²) in [6.45, 7) is 0.430. The molecular weight excluding hydrogens is 388 g/mol. The Labute approximate surface area is 164 Å². The lowest BCUT2D eigenvalue weighted by atomic mass is 10.2. The number of nitrogens with one attached hydrogen (secondary N) is 2. The third-order valence-corrected chi connectivity index (χ3v) is 5.15. The molecule has 3 aromatic rings. The van der Waals surface area contributed by atoms with Gasteiger partial charge in [-0.15, -0.1) is 0 Å². The van der Waals surface area contributed by atoms with Gasteiger partial charge >= 0.3 is 0 Å². The maximum atomic E-state index is 13.6. The highest BCUT2D eigenvalue weighted by Crippen LogP contribution is 2.16. The van der Waals surface area contributed by atoms with Gasteiger partial charge in [-0.25, -0.2) is 8.78 Å². The van der Waals surface area contributed by atoms with Crippen LogP contribution in [0.3, 0.4) is 0 Å². The van der Waals surface area contributed by atoms with E-state index in [-0.39, 0.29) is 17.5 Å². The number of carbonyl (C=O) groups excluding carboxylic acids is 1. The second-order valence-electron chi connectivity index (χ2n) is 5.69. The minimum atomic E-state index is -0.362. The van der Waals surface area contributed by atoms with E-state index in [1.54, 1.807) is 34.9 Å². The van der Waals surface area contributed by atoms with Crippen molar-refractivity contribution in [3.63, 3.8) is 0 Å². The van der Waals surface area contributed by atoms with Crippen molar-refractivity contribution in [2.75, 3.05) is 12.3 Å². The maximum absolute atomic E-state index is 13.6. The molecule has 1 amide bonds. The number of rotatable bonds is 7. The first-order valence-electron chi connectivity index (χ1n) is 8.22. The largest absolute Gasteiger partial charge is 0.350 e. The average Bonchev–Trinajstić information content (AvgIpc) is 3.05. The molecule has 0 unspecified atom stereocenters. The predicted octanol–water partition coefficient (Wildman–Crippen LogP) is 4.48. The van der Waals surface area contributed by atoms with Crippen molar-refractivity contribution in [3.8, 4) is 5.69 Å². The summed E-state index contributed by atoms with van der Waals surface area (Å²) >= 11 is 6.75. The number of aromatic nitrogens is 2. The minimum Gasteiger partial charge on any atom is -0.350 e. The van der Waals surface area contributed by atoms with Crippen LogP contribution in [0.2, 0.25) is 0 Å². The van der Waals surface area contributed by atoms with Crippen LogP contribution in [0.4, 0.5) is 8.78 Å². The van der Waals surface area contributed by atoms with Crippen LogP contribution in [0, 0.1) is 16.4 Å². The Morgan fingerprint density at radius 2 is 1.89 bits per heavy atom. The fourth-order valence-corrected chi connectivity index (χ4v) is 3.61. The Kier molecular flexibility index (Phi) is 6.41. The number of H-pyrrole nitrogens is 1. The van der Waals surface area contributed by atoms with Crippen LogP contribution in [0.15, 0.2) is 54.7 Å². The van der Waals surface area contributed by atoms with Gasteiger partial charge in [-0.05, 0) is 48.1 Å². The Morgan fingerprint density at radius 1 is 1.15 bits per heavy atom. The molecule has 0 spiro atoms. The fourth-order valence-electron chi connectivity index (χ4n) is 2.51. The van der Waals surface area contributed by atoms with E-state index in [0.29, 0.717) is 39.8 Å². The molecule has 0 atom stereocenters. The van der Waals surface area contributed by atoms with E-state index in [4.69, 9.17) is 12.2 Å². The Bertz CT molecular complexity index is 983. The molecule has 0 radical (unpaired) electrons. The minimum absolute atomic E-state index is 0.223. The van der Waals surface area contributed by atoms with Crippen LogP contribution < -0.4 is 5.32 Å². The maximum Gasteiger partial charge on any atom is 0.269 e. The van der Waals surface area contributed by atoms with Crippen molar-refractivity contribution >= 4 is 29.9 Å². The molecule has 8 heteroatoms. The number of halogens is 2. The summed E-state index contributed by atoms with van der Waals surface area (Å²) in [5.74, 6) is 0.303. The molecule has 2 N–H and O–H groups in total. The standard InChI is InChI=1S/C19H17F2N3OS2/c20-14-5-7-15(8-6-14)24-17(11-23-19(24)26)18(25)22-9-10-27-12-13-3-1-2-4-16(13)21/h1-8,11H,9-10,12H2,(H,22,25)(H,23,26). The van der Waals surface area contributed by atoms with Crippen molar-refractivity contribution in [1.29, 1.82) is 0 Å². The van der Waals surface area contributed by atoms with Crippen LogP contribution in [0.1, 0.15) is 16.1 Å². The second-order valence-corrected chi connectivity index (χ2v) is 7.18. The third kappa shape index (κ3) is 4.84. The lowest BCUT2D eigenvalue weighted by molar-refractivity contribution is 0.0949. The number of hydrogen-bond acceptors (Lipinski definition) is 3. The van der Waals surface area contributed by atoms with E-state index in [0.717, 1.165) is 0 Å². The molecule has 0 saturated carbocycles. The summed E-state index contributed by atoms with van der Waals surface area (Å²) in [6, 6.07) is 12.4. The number of nitrogens with zero attached hydrogens (tertiary/aromatic N) is 1. The fraction of sp³-hybridized carbons (Fsp3) is 0.158. The number of amides is 1. The molecule has 3 rings (SSSR count). The highest BCUT2D eigenvalue weighted by Gasteiger charge is 2.14. The van der Waals surface area contributed by atoms with E-state index < -0.39 is 0 Å². The summed E-state index contributed by atoms with van der Waals surface area (Å²) in [6.07, 6.45) is 1.52. The molecule has 0 fully saturated rings. The van der Waals surface area contributed by atoms with Gasteiger partial charge in [0.15, 0.2) is 4.77 Å². The third-order valence-electron chi connectivity index (χ3n) is 3.84. The van der Waals surface area contributed by atoms with Gasteiger partial charge < -0.3 is 10.3 Å². The van der Waals surface area contributed by atoms with Crippen molar-refractivity contribution < 1.29 is 13.6 Å². The van der Waals surface area contributed by atoms with Crippen molar-refractivity contribution in [2.45, 2.75) is 5.75 Å². The van der Waals surface area contributed by atoms with Crippen LogP contribution in [0.25, 0.3) is 5.69 Å². The van der Waals surface area contributed by atoms with Gasteiger partial charge in [0.1, 0.15) is 17.3 Å². The molecule has 140 valence electrons. The molecule has 1 heterocycles. The molecule has 0 aliphatic rings. The van der Waals surface area contributed by atoms with Gasteiger partial charge in [0.05, 0.1) is 0 Å². The lowest BCUT2D eigenvalue weighted by Gasteiger charge is -2.09. The van der Waals surface area contributed by atoms with Gasteiger partial charge in [-0.1, -0.05) is 18.2 Å². The summed E-state index contributed by atoms with van der Waals surface area (Å²) in [5, 5.41) is 2.82. The first-order chi connectivity index (χ1) is 13.1. The van der Waals surface area contributed by atoms with E-state index in [1.165, 1.54) is 36.2 Å². The van der Waals surface area contributed by atoms with E-state index in [1.807, 2.05) is 0 Å². The molecule has 0 aliphatic heterocycles. The van der Waals surface area contributed by atoms with Crippen molar-refractivity contribution in [3.05, 3.63) is 82.4 Å². The topological polar surface area (TPSA) is 49.8 Å². The van der Waals surface area contributed by atoms with Crippen LogP contribution in [-0.4, -0.2) is 27.8 Å². The molecule has 1 aromatic heterocycles. The van der Waals surface area contributed by atoms with Gasteiger partial charge in [0.2, 0.25) is 0 Å². The average molecular weight is 405 g/mol. The van der Waals surface area contributed by atoms with Crippen LogP contribution >= 0.6 is 24.0 Å². The quantitative estimate of drug-likeness (QED) is 0.450. The molecule has 27 heavy (non-hydrogen) atoms. The summed E-state index contributed by atoms with van der Waals surface area (Å²) < 4.78 is 28.6. The molecular formula is C19H17F2N3OS2. The zero-order valence-corrected chi connectivity index (χ0v) is 15.9. The normalized spacial score (nSPS) is 10.7. The molecule has 0 bridgehead atoms. The van der Waals surface area contributed by atoms with E-state index in [2.05, 4.69) is 10.3 Å². The number of hydrogen-bond donors (Lipinski definition) is 2. The SMILES string of the molecule is O=C(NCCSCc1ccccc1F)c1c[nH]c(=S)n1-c1ccc(F)cc1. The molecule has 0 saturated heterocycles. The number of thioether (sulfide) groups is 1. The monoisotopic (exact) mass is 405 g/mol. The Morgan fingerprint density at radius 3 is 2.63 bits per heavy atom. The van der Waals surface area contributed by atoms with Gasteiger partial charge in [-0.2, -0.15) is 11.8 Å². The summed E-state index contributed by atoms with van der Waals surface area (Å²) in [5.41, 5.74) is 1.58. The molecule has 2 aromatic carbocycles. The van der Waals surface area contributed by atoms with Crippen LogP contribution in [-0.2, 0) is 5.75 Å². The first-order valence-corrected chi connectivity index (χ1v) is 9.78. The first kappa shape index (κ1) is 19.3. The number of benzene rings is 2. The zero-order valence-electron chi connectivity index (χ0n) is 14.2. The van der Waals surface area contributed by atoms with E-state index in [9.17, 15) is 13.6 Å². The van der Waals surface area contributed by atoms with Gasteiger partial charge in [-0.3, -0.25) is 9.36 Å². The smallest absolute Gasteiger partial charge is 0.269 e. The zero-order chi connectivity index (χ0) is 19.2. The lowest BCUT2D eigenvalue weighted by Crippen LogP contribution is -2.27. The number of aromatic amines is 1. The number of imidazole rings is 1. The van der Waals surface area contributed by atoms with Gasteiger partial charge in [0, 0.05) is 29.9 Å². The summed E-state index contributed by atoms with van der Waals surface area (Å²) in [7, 11) is 0. The van der Waals surface area contributed by atoms with Crippen LogP contribution in [0.5, 0.6) is 0 Å². The summed E-state index contributed by atoms with van der Waals surface area (Å²) in [4.78, 5) is 15.3. The van der Waals surface area contributed by atoms with Gasteiger partial charge in [0.25, 0.3) is 5.91 Å². The molecule has 4 nitrogen and oxygen atoms in total.